The number of hydrogen-bond acceptors (Lipinski definition) is 2. The van der Waals surface area contributed by atoms with Gasteiger partial charge in [-0.3, -0.25) is 4.79 Å². The number of ketones is 1. The second kappa shape index (κ2) is 3.89. The van der Waals surface area contributed by atoms with Crippen LogP contribution in [0.5, 0.6) is 0 Å². The van der Waals surface area contributed by atoms with E-state index in [0.717, 1.165) is 6.92 Å². The van der Waals surface area contributed by atoms with Crippen LogP contribution < -0.4 is 0 Å². The number of aliphatic hydroxyl groups is 1. The summed E-state index contributed by atoms with van der Waals surface area (Å²) in [6.45, 7) is 2.34. The maximum Gasteiger partial charge on any atom is 0.206 e. The maximum atomic E-state index is 10.9. The minimum Gasteiger partial charge on any atom is -0.384 e. The Balaban J connectivity index is 4.88. The largest absolute Gasteiger partial charge is 0.384 e. The van der Waals surface area contributed by atoms with Gasteiger partial charge in [-0.1, -0.05) is 23.2 Å². The molecular formula is C6H8Cl4O2. The molecule has 0 aromatic heterocycles. The Morgan fingerprint density at radius 1 is 1.42 bits per heavy atom. The normalized spacial score (nSPS) is 17.7. The summed E-state index contributed by atoms with van der Waals surface area (Å²) in [5.74, 6) is -0.609. The van der Waals surface area contributed by atoms with Gasteiger partial charge in [0.15, 0.2) is 5.78 Å². The number of rotatable bonds is 3. The molecule has 0 aliphatic carbocycles. The SMILES string of the molecule is CC(=O)C(Cl)(Cl)C(C)(O)C(Cl)Cl. The van der Waals surface area contributed by atoms with Crippen molar-refractivity contribution in [3.8, 4) is 0 Å². The van der Waals surface area contributed by atoms with E-state index in [2.05, 4.69) is 0 Å². The number of carbonyl (C=O) groups excluding carboxylic acids is 1. The van der Waals surface area contributed by atoms with E-state index in [1.165, 1.54) is 6.92 Å². The van der Waals surface area contributed by atoms with Crippen molar-refractivity contribution in [2.45, 2.75) is 28.6 Å². The van der Waals surface area contributed by atoms with Gasteiger partial charge in [-0.05, 0) is 13.8 Å². The minimum absolute atomic E-state index is 0.609. The predicted octanol–water partition coefficient (Wildman–Crippen LogP) is 2.30. The summed E-state index contributed by atoms with van der Waals surface area (Å²) in [6, 6.07) is 0. The Labute approximate surface area is 90.7 Å². The highest BCUT2D eigenvalue weighted by Crippen LogP contribution is 2.40. The van der Waals surface area contributed by atoms with Crippen LogP contribution in [0.25, 0.3) is 0 Å². The highest BCUT2D eigenvalue weighted by atomic mass is 35.5. The Morgan fingerprint density at radius 2 is 1.75 bits per heavy atom. The summed E-state index contributed by atoms with van der Waals surface area (Å²) in [7, 11) is 0. The van der Waals surface area contributed by atoms with Gasteiger partial charge < -0.3 is 5.11 Å². The molecule has 0 aromatic rings. The second-order valence-corrected chi connectivity index (χ2v) is 5.00. The number of halogens is 4. The zero-order valence-electron chi connectivity index (χ0n) is 6.44. The average Bonchev–Trinajstić information content (AvgIpc) is 1.86. The third-order valence-electron chi connectivity index (χ3n) is 1.50. The smallest absolute Gasteiger partial charge is 0.206 e. The fraction of sp³-hybridized carbons (Fsp3) is 0.833. The van der Waals surface area contributed by atoms with Crippen molar-refractivity contribution in [1.82, 2.24) is 0 Å². The summed E-state index contributed by atoms with van der Waals surface area (Å²) < 4.78 is -1.98. The number of carbonyl (C=O) groups is 1. The summed E-state index contributed by atoms with van der Waals surface area (Å²) in [5.41, 5.74) is -1.87. The molecule has 1 unspecified atom stereocenters. The van der Waals surface area contributed by atoms with Gasteiger partial charge in [0.25, 0.3) is 0 Å². The zero-order valence-corrected chi connectivity index (χ0v) is 9.47. The van der Waals surface area contributed by atoms with Crippen LogP contribution in [-0.4, -0.2) is 25.7 Å². The highest BCUT2D eigenvalue weighted by Gasteiger charge is 2.52. The van der Waals surface area contributed by atoms with Crippen molar-refractivity contribution < 1.29 is 9.90 Å². The molecule has 0 aliphatic heterocycles. The standard InChI is InChI=1S/C6H8Cl4O2/c1-3(11)6(9,10)5(2,12)4(7)8/h4,12H,1-2H3. The maximum absolute atomic E-state index is 10.9. The molecule has 72 valence electrons. The molecule has 0 rings (SSSR count). The van der Waals surface area contributed by atoms with E-state index in [0.29, 0.717) is 0 Å². The number of alkyl halides is 4. The van der Waals surface area contributed by atoms with Gasteiger partial charge in [-0.25, -0.2) is 0 Å². The lowest BCUT2D eigenvalue weighted by Crippen LogP contribution is -2.52. The first kappa shape index (κ1) is 12.8. The van der Waals surface area contributed by atoms with Crippen LogP contribution in [0.2, 0.25) is 0 Å². The predicted molar refractivity (Wildman–Crippen MR) is 51.2 cm³/mol. The minimum atomic E-state index is -1.98. The number of hydrogen-bond donors (Lipinski definition) is 1. The van der Waals surface area contributed by atoms with Gasteiger partial charge in [0.2, 0.25) is 4.33 Å². The monoisotopic (exact) mass is 252 g/mol. The van der Waals surface area contributed by atoms with Gasteiger partial charge in [0.1, 0.15) is 10.4 Å². The van der Waals surface area contributed by atoms with E-state index >= 15 is 0 Å². The lowest BCUT2D eigenvalue weighted by Gasteiger charge is -2.34. The lowest BCUT2D eigenvalue weighted by molar-refractivity contribution is -0.122. The third kappa shape index (κ3) is 2.18. The van der Waals surface area contributed by atoms with Crippen LogP contribution in [0, 0.1) is 0 Å². The lowest BCUT2D eigenvalue weighted by atomic mass is 10.0. The van der Waals surface area contributed by atoms with Gasteiger partial charge >= 0.3 is 0 Å². The zero-order chi connectivity index (χ0) is 10.2. The van der Waals surface area contributed by atoms with E-state index in [1.54, 1.807) is 0 Å². The molecule has 0 fully saturated rings. The van der Waals surface area contributed by atoms with Crippen LogP contribution in [-0.2, 0) is 4.79 Å². The molecule has 0 amide bonds. The van der Waals surface area contributed by atoms with Crippen LogP contribution in [0.3, 0.4) is 0 Å². The Bertz CT molecular complexity index is 188. The van der Waals surface area contributed by atoms with Gasteiger partial charge in [0.05, 0.1) is 0 Å². The summed E-state index contributed by atoms with van der Waals surface area (Å²) >= 11 is 21.9. The molecule has 12 heavy (non-hydrogen) atoms. The Kier molecular flexibility index (Phi) is 4.14. The quantitative estimate of drug-likeness (QED) is 0.784. The van der Waals surface area contributed by atoms with Crippen molar-refractivity contribution in [2.75, 3.05) is 0 Å². The van der Waals surface area contributed by atoms with Crippen molar-refractivity contribution in [3.05, 3.63) is 0 Å². The van der Waals surface area contributed by atoms with Crippen molar-refractivity contribution in [2.24, 2.45) is 0 Å². The van der Waals surface area contributed by atoms with Crippen LogP contribution >= 0.6 is 46.4 Å². The van der Waals surface area contributed by atoms with E-state index < -0.39 is 20.6 Å². The third-order valence-corrected chi connectivity index (χ3v) is 3.65. The van der Waals surface area contributed by atoms with Crippen molar-refractivity contribution in [3.63, 3.8) is 0 Å². The van der Waals surface area contributed by atoms with E-state index in [-0.39, 0.29) is 0 Å². The molecule has 6 heteroatoms. The molecule has 0 saturated carbocycles. The first-order chi connectivity index (χ1) is 5.14. The van der Waals surface area contributed by atoms with E-state index in [9.17, 15) is 9.90 Å². The Hall–Kier alpha value is 0.790. The first-order valence-electron chi connectivity index (χ1n) is 3.03. The van der Waals surface area contributed by atoms with Crippen LogP contribution in [0.4, 0.5) is 0 Å². The molecule has 0 aliphatic rings. The van der Waals surface area contributed by atoms with Gasteiger partial charge in [-0.2, -0.15) is 0 Å². The molecule has 0 aromatic carbocycles. The summed E-state index contributed by atoms with van der Waals surface area (Å²) in [5, 5.41) is 9.54. The topological polar surface area (TPSA) is 37.3 Å². The van der Waals surface area contributed by atoms with Crippen molar-refractivity contribution in [1.29, 1.82) is 0 Å². The van der Waals surface area contributed by atoms with E-state index in [1.807, 2.05) is 0 Å². The Morgan fingerprint density at radius 3 is 1.83 bits per heavy atom. The molecule has 0 heterocycles. The molecule has 0 spiro atoms. The van der Waals surface area contributed by atoms with Gasteiger partial charge in [-0.15, -0.1) is 23.2 Å². The van der Waals surface area contributed by atoms with Crippen LogP contribution in [0.1, 0.15) is 13.8 Å². The fourth-order valence-electron chi connectivity index (χ4n) is 0.493. The molecular weight excluding hydrogens is 246 g/mol. The molecule has 1 N–H and O–H groups in total. The second-order valence-electron chi connectivity index (χ2n) is 2.58. The summed E-state index contributed by atoms with van der Waals surface area (Å²) in [6.07, 6.45) is 0. The summed E-state index contributed by atoms with van der Waals surface area (Å²) in [4.78, 5) is 9.64. The van der Waals surface area contributed by atoms with E-state index in [4.69, 9.17) is 46.4 Å². The molecule has 2 nitrogen and oxygen atoms in total. The highest BCUT2D eigenvalue weighted by molar-refractivity contribution is 6.60. The van der Waals surface area contributed by atoms with Gasteiger partial charge in [0, 0.05) is 0 Å². The van der Waals surface area contributed by atoms with Crippen molar-refractivity contribution >= 4 is 52.2 Å². The fourth-order valence-corrected chi connectivity index (χ4v) is 1.26. The van der Waals surface area contributed by atoms with Crippen LogP contribution in [0.15, 0.2) is 0 Å². The first-order valence-corrected chi connectivity index (χ1v) is 4.66. The molecule has 0 saturated heterocycles. The molecule has 0 bridgehead atoms. The number of Topliss-reactive ketones (excluding diaryl/α,β-unsaturated/α-hetero) is 1. The average molecular weight is 254 g/mol. The molecule has 1 atom stereocenters. The molecule has 0 radical (unpaired) electrons.